The molecule has 5 nitrogen and oxygen atoms in total. The maximum absolute atomic E-state index is 12.4. The van der Waals surface area contributed by atoms with E-state index < -0.39 is 5.54 Å². The number of nitrogens with zero attached hydrogens (tertiary/aromatic N) is 1. The van der Waals surface area contributed by atoms with Crippen molar-refractivity contribution in [2.24, 2.45) is 5.92 Å². The molecular formula is C13H24N2O3. The van der Waals surface area contributed by atoms with Gasteiger partial charge in [-0.1, -0.05) is 0 Å². The highest BCUT2D eigenvalue weighted by molar-refractivity contribution is 5.82. The molecular weight excluding hydrogens is 232 g/mol. The van der Waals surface area contributed by atoms with Gasteiger partial charge >= 0.3 is 5.97 Å². The van der Waals surface area contributed by atoms with E-state index in [2.05, 4.69) is 10.2 Å². The van der Waals surface area contributed by atoms with Crippen molar-refractivity contribution in [3.05, 3.63) is 0 Å². The zero-order chi connectivity index (χ0) is 13.0. The van der Waals surface area contributed by atoms with Gasteiger partial charge in [-0.2, -0.15) is 0 Å². The molecule has 0 aromatic heterocycles. The predicted molar refractivity (Wildman–Crippen MR) is 68.4 cm³/mol. The number of hydrogen-bond donors (Lipinski definition) is 1. The Bertz CT molecular complexity index is 290. The average molecular weight is 256 g/mol. The van der Waals surface area contributed by atoms with Gasteiger partial charge < -0.3 is 14.4 Å². The normalized spacial score (nSPS) is 34.6. The Morgan fingerprint density at radius 3 is 2.67 bits per heavy atom. The molecule has 0 aromatic carbocycles. The molecule has 3 aliphatic rings. The number of methoxy groups -OCH3 is 1. The molecule has 1 atom stereocenters. The van der Waals surface area contributed by atoms with Gasteiger partial charge in [0, 0.05) is 20.2 Å². The summed E-state index contributed by atoms with van der Waals surface area (Å²) in [5.74, 6) is 0.314. The first-order valence-corrected chi connectivity index (χ1v) is 6.86. The van der Waals surface area contributed by atoms with Gasteiger partial charge in [0.25, 0.3) is 0 Å². The molecule has 3 saturated heterocycles. The molecule has 104 valence electrons. The summed E-state index contributed by atoms with van der Waals surface area (Å²) in [5.41, 5.74) is -0.509. The third-order valence-corrected chi connectivity index (χ3v) is 4.14. The third kappa shape index (κ3) is 2.53. The summed E-state index contributed by atoms with van der Waals surface area (Å²) in [6.07, 6.45) is 2.16. The van der Waals surface area contributed by atoms with E-state index in [1.54, 1.807) is 7.11 Å². The Labute approximate surface area is 109 Å². The summed E-state index contributed by atoms with van der Waals surface area (Å²) >= 11 is 0. The smallest absolute Gasteiger partial charge is 0.327 e. The van der Waals surface area contributed by atoms with E-state index in [1.807, 2.05) is 6.92 Å². The highest BCUT2D eigenvalue weighted by Crippen LogP contribution is 2.36. The molecule has 1 unspecified atom stereocenters. The minimum atomic E-state index is -0.509. The molecule has 0 amide bonds. The third-order valence-electron chi connectivity index (χ3n) is 4.14. The van der Waals surface area contributed by atoms with Crippen molar-refractivity contribution in [2.75, 3.05) is 46.5 Å². The second-order valence-electron chi connectivity index (χ2n) is 5.16. The molecule has 0 aliphatic carbocycles. The number of nitrogens with one attached hydrogen (secondary N) is 1. The van der Waals surface area contributed by atoms with E-state index in [9.17, 15) is 4.79 Å². The molecule has 0 spiro atoms. The fourth-order valence-corrected chi connectivity index (χ4v) is 3.21. The summed E-state index contributed by atoms with van der Waals surface area (Å²) in [6.45, 7) is 6.62. The SMILES string of the molecule is CCOC(=O)C1(NCCOC)CN2CCC1CC2. The minimum Gasteiger partial charge on any atom is -0.465 e. The van der Waals surface area contributed by atoms with Crippen LogP contribution < -0.4 is 5.32 Å². The van der Waals surface area contributed by atoms with E-state index in [0.29, 0.717) is 25.7 Å². The van der Waals surface area contributed by atoms with Crippen LogP contribution >= 0.6 is 0 Å². The first kappa shape index (κ1) is 13.8. The molecule has 3 heterocycles. The molecule has 18 heavy (non-hydrogen) atoms. The number of ether oxygens (including phenoxy) is 2. The van der Waals surface area contributed by atoms with Crippen LogP contribution in [0.2, 0.25) is 0 Å². The van der Waals surface area contributed by atoms with Gasteiger partial charge in [0.2, 0.25) is 0 Å². The van der Waals surface area contributed by atoms with Crippen LogP contribution in [0.25, 0.3) is 0 Å². The Hall–Kier alpha value is -0.650. The van der Waals surface area contributed by atoms with Crippen LogP contribution in [0.4, 0.5) is 0 Å². The summed E-state index contributed by atoms with van der Waals surface area (Å²) in [7, 11) is 1.68. The largest absolute Gasteiger partial charge is 0.465 e. The number of carbonyl (C=O) groups is 1. The van der Waals surface area contributed by atoms with Crippen LogP contribution in [-0.4, -0.2) is 62.9 Å². The number of hydrogen-bond acceptors (Lipinski definition) is 5. The highest BCUT2D eigenvalue weighted by Gasteiger charge is 2.52. The van der Waals surface area contributed by atoms with Crippen molar-refractivity contribution in [1.82, 2.24) is 10.2 Å². The topological polar surface area (TPSA) is 50.8 Å². The van der Waals surface area contributed by atoms with Crippen LogP contribution in [0.3, 0.4) is 0 Å². The van der Waals surface area contributed by atoms with Gasteiger partial charge in [-0.15, -0.1) is 0 Å². The quantitative estimate of drug-likeness (QED) is 0.545. The molecule has 3 rings (SSSR count). The fraction of sp³-hybridized carbons (Fsp3) is 0.923. The molecule has 1 N–H and O–H groups in total. The highest BCUT2D eigenvalue weighted by atomic mass is 16.5. The maximum atomic E-state index is 12.4. The summed E-state index contributed by atoms with van der Waals surface area (Å²) < 4.78 is 10.4. The van der Waals surface area contributed by atoms with Crippen LogP contribution in [0.5, 0.6) is 0 Å². The van der Waals surface area contributed by atoms with Gasteiger partial charge in [-0.3, -0.25) is 5.32 Å². The second kappa shape index (κ2) is 5.99. The second-order valence-corrected chi connectivity index (χ2v) is 5.16. The van der Waals surface area contributed by atoms with E-state index in [0.717, 1.165) is 32.5 Å². The number of esters is 1. The van der Waals surface area contributed by atoms with Gasteiger partial charge in [-0.05, 0) is 38.8 Å². The van der Waals surface area contributed by atoms with Crippen LogP contribution in [0, 0.1) is 5.92 Å². The van der Waals surface area contributed by atoms with Crippen molar-refractivity contribution in [2.45, 2.75) is 25.3 Å². The van der Waals surface area contributed by atoms with Gasteiger partial charge in [0.15, 0.2) is 0 Å². The standard InChI is InChI=1S/C13H24N2O3/c1-3-18-12(16)13(14-6-9-17-2)10-15-7-4-11(13)5-8-15/h11,14H,3-10H2,1-2H3. The minimum absolute atomic E-state index is 0.0875. The first-order chi connectivity index (χ1) is 8.73. The lowest BCUT2D eigenvalue weighted by Gasteiger charge is -2.51. The lowest BCUT2D eigenvalue weighted by atomic mass is 9.72. The van der Waals surface area contributed by atoms with Gasteiger partial charge in [0.05, 0.1) is 13.2 Å². The molecule has 0 saturated carbocycles. The van der Waals surface area contributed by atoms with Crippen LogP contribution in [-0.2, 0) is 14.3 Å². The zero-order valence-corrected chi connectivity index (χ0v) is 11.4. The van der Waals surface area contributed by atoms with Crippen molar-refractivity contribution in [3.8, 4) is 0 Å². The van der Waals surface area contributed by atoms with Crippen LogP contribution in [0.1, 0.15) is 19.8 Å². The first-order valence-electron chi connectivity index (χ1n) is 6.86. The lowest BCUT2D eigenvalue weighted by Crippen LogP contribution is -2.70. The fourth-order valence-electron chi connectivity index (χ4n) is 3.21. The summed E-state index contributed by atoms with van der Waals surface area (Å²) in [4.78, 5) is 14.7. The zero-order valence-electron chi connectivity index (χ0n) is 11.4. The van der Waals surface area contributed by atoms with E-state index in [4.69, 9.17) is 9.47 Å². The number of carbonyl (C=O) groups excluding carboxylic acids is 1. The predicted octanol–water partition coefficient (Wildman–Crippen LogP) is 0.250. The van der Waals surface area contributed by atoms with Crippen molar-refractivity contribution < 1.29 is 14.3 Å². The average Bonchev–Trinajstić information content (AvgIpc) is 2.40. The Kier molecular flexibility index (Phi) is 4.59. The maximum Gasteiger partial charge on any atom is 0.327 e. The van der Waals surface area contributed by atoms with Gasteiger partial charge in [-0.25, -0.2) is 4.79 Å². The van der Waals surface area contributed by atoms with E-state index >= 15 is 0 Å². The monoisotopic (exact) mass is 256 g/mol. The number of rotatable bonds is 6. The molecule has 3 aliphatic heterocycles. The van der Waals surface area contributed by atoms with Crippen molar-refractivity contribution in [1.29, 1.82) is 0 Å². The van der Waals surface area contributed by atoms with Crippen LogP contribution in [0.15, 0.2) is 0 Å². The summed E-state index contributed by atoms with van der Waals surface area (Å²) in [5, 5.41) is 3.41. The van der Waals surface area contributed by atoms with Crippen molar-refractivity contribution >= 4 is 5.97 Å². The Morgan fingerprint density at radius 2 is 2.17 bits per heavy atom. The summed E-state index contributed by atoms with van der Waals surface area (Å²) in [6, 6.07) is 0. The molecule has 0 radical (unpaired) electrons. The number of fused-ring (bicyclic) bond motifs is 3. The molecule has 0 aromatic rings. The molecule has 5 heteroatoms. The molecule has 2 bridgehead atoms. The number of piperidine rings is 3. The Morgan fingerprint density at radius 1 is 1.44 bits per heavy atom. The van der Waals surface area contributed by atoms with Gasteiger partial charge in [0.1, 0.15) is 5.54 Å². The Balaban J connectivity index is 2.09. The van der Waals surface area contributed by atoms with E-state index in [1.165, 1.54) is 0 Å². The van der Waals surface area contributed by atoms with E-state index in [-0.39, 0.29) is 5.97 Å². The molecule has 3 fully saturated rings. The van der Waals surface area contributed by atoms with Crippen molar-refractivity contribution in [3.63, 3.8) is 0 Å². The lowest BCUT2D eigenvalue weighted by molar-refractivity contribution is -0.160.